The van der Waals surface area contributed by atoms with E-state index >= 15 is 0 Å². The van der Waals surface area contributed by atoms with Gasteiger partial charge in [0.15, 0.2) is 0 Å². The second-order valence-electron chi connectivity index (χ2n) is 4.42. The molecule has 0 radical (unpaired) electrons. The van der Waals surface area contributed by atoms with Crippen LogP contribution < -0.4 is 11.1 Å². The van der Waals surface area contributed by atoms with E-state index in [1.165, 1.54) is 0 Å². The van der Waals surface area contributed by atoms with E-state index in [-0.39, 0.29) is 16.3 Å². The topological polar surface area (TPSA) is 90.7 Å². The number of unbranched alkanes of at least 4 members (excludes halogenated alkanes) is 1. The van der Waals surface area contributed by atoms with Crippen molar-refractivity contribution in [2.24, 2.45) is 5.73 Å². The van der Waals surface area contributed by atoms with Gasteiger partial charge in [-0.05, 0) is 25.7 Å². The van der Waals surface area contributed by atoms with E-state index in [9.17, 15) is 9.59 Å². The minimum absolute atomic E-state index is 0.0228. The highest BCUT2D eigenvalue weighted by Crippen LogP contribution is 2.02. The van der Waals surface area contributed by atoms with Crippen LogP contribution in [0.15, 0.2) is 0 Å². The predicted molar refractivity (Wildman–Crippen MR) is 85.8 cm³/mol. The van der Waals surface area contributed by atoms with Crippen LogP contribution in [0.1, 0.15) is 32.6 Å². The third-order valence-electron chi connectivity index (χ3n) is 2.51. The van der Waals surface area contributed by atoms with Crippen LogP contribution in [-0.4, -0.2) is 48.7 Å². The van der Waals surface area contributed by atoms with Gasteiger partial charge < -0.3 is 20.5 Å². The Morgan fingerprint density at radius 3 is 2.55 bits per heavy atom. The van der Waals surface area contributed by atoms with Gasteiger partial charge >= 0.3 is 0 Å². The minimum Gasteiger partial charge on any atom is -0.379 e. The molecule has 0 rings (SSSR count). The van der Waals surface area contributed by atoms with E-state index < -0.39 is 6.04 Å². The maximum atomic E-state index is 11.4. The zero-order chi connectivity index (χ0) is 15.2. The molecule has 0 aliphatic carbocycles. The van der Waals surface area contributed by atoms with E-state index in [4.69, 9.17) is 15.2 Å². The SMILES string of the molecule is CCCOCCOCC(=O)NCCCC[C@H](N)C(=O)I. The molecule has 0 unspecified atom stereocenters. The van der Waals surface area contributed by atoms with Crippen molar-refractivity contribution in [1.82, 2.24) is 5.32 Å². The van der Waals surface area contributed by atoms with Gasteiger partial charge in [0.05, 0.1) is 19.3 Å². The van der Waals surface area contributed by atoms with Gasteiger partial charge in [-0.15, -0.1) is 0 Å². The number of amides is 1. The monoisotopic (exact) mass is 400 g/mol. The Balaban J connectivity index is 3.30. The smallest absolute Gasteiger partial charge is 0.245 e. The molecule has 3 N–H and O–H groups in total. The summed E-state index contributed by atoms with van der Waals surface area (Å²) in [5.41, 5.74) is 5.60. The maximum Gasteiger partial charge on any atom is 0.245 e. The first-order valence-electron chi connectivity index (χ1n) is 6.95. The molecule has 1 amide bonds. The van der Waals surface area contributed by atoms with Crippen molar-refractivity contribution in [2.45, 2.75) is 38.6 Å². The van der Waals surface area contributed by atoms with E-state index in [1.807, 2.05) is 6.92 Å². The highest BCUT2D eigenvalue weighted by Gasteiger charge is 2.08. The number of hydrogen-bond acceptors (Lipinski definition) is 5. The van der Waals surface area contributed by atoms with Crippen LogP contribution in [0.2, 0.25) is 0 Å². The summed E-state index contributed by atoms with van der Waals surface area (Å²) < 4.78 is 10.4. The molecule has 0 spiro atoms. The van der Waals surface area contributed by atoms with Crippen LogP contribution in [0.3, 0.4) is 0 Å². The number of ether oxygens (including phenoxy) is 2. The summed E-state index contributed by atoms with van der Waals surface area (Å²) in [4.78, 5) is 22.3. The van der Waals surface area contributed by atoms with E-state index in [1.54, 1.807) is 22.6 Å². The Morgan fingerprint density at radius 2 is 1.90 bits per heavy atom. The van der Waals surface area contributed by atoms with Crippen molar-refractivity contribution in [1.29, 1.82) is 0 Å². The quantitative estimate of drug-likeness (QED) is 0.274. The lowest BCUT2D eigenvalue weighted by Gasteiger charge is -2.08. The molecule has 0 aliphatic heterocycles. The van der Waals surface area contributed by atoms with Crippen LogP contribution in [0.5, 0.6) is 0 Å². The van der Waals surface area contributed by atoms with Gasteiger partial charge in [0.25, 0.3) is 0 Å². The van der Waals surface area contributed by atoms with E-state index in [0.717, 1.165) is 25.9 Å². The lowest BCUT2D eigenvalue weighted by atomic mass is 10.1. The van der Waals surface area contributed by atoms with Crippen molar-refractivity contribution >= 4 is 32.3 Å². The fraction of sp³-hybridized carbons (Fsp3) is 0.846. The normalized spacial score (nSPS) is 12.2. The summed E-state index contributed by atoms with van der Waals surface area (Å²) in [5, 5.41) is 2.76. The molecule has 0 saturated carbocycles. The zero-order valence-corrected chi connectivity index (χ0v) is 14.2. The molecular weight excluding hydrogens is 375 g/mol. The molecule has 0 bridgehead atoms. The number of halogens is 1. The molecule has 0 aromatic heterocycles. The first kappa shape index (κ1) is 19.8. The molecule has 1 atom stereocenters. The van der Waals surface area contributed by atoms with Crippen molar-refractivity contribution < 1.29 is 19.1 Å². The third kappa shape index (κ3) is 12.8. The lowest BCUT2D eigenvalue weighted by Crippen LogP contribution is -2.30. The van der Waals surface area contributed by atoms with E-state index in [0.29, 0.717) is 26.2 Å². The molecular formula is C13H25IN2O4. The number of carbonyl (C=O) groups is 2. The van der Waals surface area contributed by atoms with Crippen molar-refractivity contribution in [3.05, 3.63) is 0 Å². The molecule has 0 saturated heterocycles. The molecule has 0 fully saturated rings. The minimum atomic E-state index is -0.391. The van der Waals surface area contributed by atoms with Crippen molar-refractivity contribution in [3.8, 4) is 0 Å². The lowest BCUT2D eigenvalue weighted by molar-refractivity contribution is -0.126. The average Bonchev–Trinajstić information content (AvgIpc) is 2.41. The standard InChI is InChI=1S/C13H25IN2O4/c1-2-7-19-8-9-20-10-12(17)16-6-4-3-5-11(15)13(14)18/h11H,2-10,15H2,1H3,(H,16,17)/t11-/m0/s1. The van der Waals surface area contributed by atoms with Crippen molar-refractivity contribution in [3.63, 3.8) is 0 Å². The fourth-order valence-corrected chi connectivity index (χ4v) is 1.72. The van der Waals surface area contributed by atoms with Gasteiger partial charge in [-0.25, -0.2) is 0 Å². The van der Waals surface area contributed by atoms with Crippen LogP contribution >= 0.6 is 22.6 Å². The number of rotatable bonds is 13. The van der Waals surface area contributed by atoms with Gasteiger partial charge in [0.1, 0.15) is 6.61 Å². The molecule has 0 heterocycles. The first-order valence-corrected chi connectivity index (χ1v) is 8.03. The Hall–Kier alpha value is -0.250. The van der Waals surface area contributed by atoms with E-state index in [2.05, 4.69) is 5.32 Å². The van der Waals surface area contributed by atoms with Crippen LogP contribution in [0.4, 0.5) is 0 Å². The molecule has 20 heavy (non-hydrogen) atoms. The predicted octanol–water partition coefficient (Wildman–Crippen LogP) is 1.00. The molecule has 6 nitrogen and oxygen atoms in total. The summed E-state index contributed by atoms with van der Waals surface area (Å²) >= 11 is 1.71. The Morgan fingerprint density at radius 1 is 1.20 bits per heavy atom. The number of hydrogen-bond donors (Lipinski definition) is 2. The summed E-state index contributed by atoms with van der Waals surface area (Å²) in [5.74, 6) is -0.130. The summed E-state index contributed by atoms with van der Waals surface area (Å²) in [6.07, 6.45) is 3.26. The molecule has 0 aromatic rings. The maximum absolute atomic E-state index is 11.4. The van der Waals surface area contributed by atoms with Crippen LogP contribution in [0, 0.1) is 0 Å². The Kier molecular flexibility index (Phi) is 13.5. The van der Waals surface area contributed by atoms with Gasteiger partial charge in [-0.1, -0.05) is 6.92 Å². The molecule has 0 aromatic carbocycles. The zero-order valence-electron chi connectivity index (χ0n) is 12.0. The largest absolute Gasteiger partial charge is 0.379 e. The third-order valence-corrected chi connectivity index (χ3v) is 3.31. The Bertz CT molecular complexity index is 277. The number of carbonyl (C=O) groups excluding carboxylic acids is 2. The van der Waals surface area contributed by atoms with Crippen LogP contribution in [0.25, 0.3) is 0 Å². The molecule has 118 valence electrons. The van der Waals surface area contributed by atoms with Crippen LogP contribution in [-0.2, 0) is 19.1 Å². The van der Waals surface area contributed by atoms with Gasteiger partial charge in [-0.3, -0.25) is 9.59 Å². The fourth-order valence-electron chi connectivity index (χ4n) is 1.41. The van der Waals surface area contributed by atoms with Gasteiger partial charge in [0.2, 0.25) is 9.70 Å². The summed E-state index contributed by atoms with van der Waals surface area (Å²) in [6, 6.07) is -0.391. The highest BCUT2D eigenvalue weighted by atomic mass is 127. The van der Waals surface area contributed by atoms with Crippen molar-refractivity contribution in [2.75, 3.05) is 33.0 Å². The Labute approximate surface area is 134 Å². The number of nitrogens with one attached hydrogen (secondary N) is 1. The van der Waals surface area contributed by atoms with Gasteiger partial charge in [0, 0.05) is 35.7 Å². The average molecular weight is 400 g/mol. The second-order valence-corrected chi connectivity index (χ2v) is 5.48. The summed E-state index contributed by atoms with van der Waals surface area (Å²) in [6.45, 7) is 4.34. The number of nitrogens with two attached hydrogens (primary N) is 1. The van der Waals surface area contributed by atoms with Gasteiger partial charge in [-0.2, -0.15) is 0 Å². The first-order chi connectivity index (χ1) is 9.57. The highest BCUT2D eigenvalue weighted by molar-refractivity contribution is 14.1. The second kappa shape index (κ2) is 13.7. The molecule has 0 aliphatic rings. The summed E-state index contributed by atoms with van der Waals surface area (Å²) in [7, 11) is 0. The molecule has 7 heteroatoms.